The molecule has 0 unspecified atom stereocenters. The van der Waals surface area contributed by atoms with E-state index in [9.17, 15) is 4.79 Å². The number of rotatable bonds is 5. The molecule has 0 saturated carbocycles. The highest BCUT2D eigenvalue weighted by Crippen LogP contribution is 2.33. The maximum atomic E-state index is 12.0. The number of halogens is 2. The predicted molar refractivity (Wildman–Crippen MR) is 88.0 cm³/mol. The third-order valence-electron chi connectivity index (χ3n) is 3.32. The van der Waals surface area contributed by atoms with Crippen LogP contribution in [0.3, 0.4) is 0 Å². The fourth-order valence-electron chi connectivity index (χ4n) is 2.31. The molecule has 0 aliphatic carbocycles. The highest BCUT2D eigenvalue weighted by atomic mass is 35.5. The zero-order valence-corrected chi connectivity index (χ0v) is 13.3. The fourth-order valence-corrected chi connectivity index (χ4v) is 2.71. The van der Waals surface area contributed by atoms with Gasteiger partial charge in [-0.2, -0.15) is 0 Å². The molecule has 0 heterocycles. The molecule has 1 atom stereocenters. The molecule has 0 aliphatic heterocycles. The monoisotopic (exact) mass is 321 g/mol. The second-order valence-corrected chi connectivity index (χ2v) is 5.63. The normalized spacial score (nSPS) is 12.0. The Morgan fingerprint density at radius 1 is 1.10 bits per heavy atom. The molecule has 2 nitrogen and oxygen atoms in total. The van der Waals surface area contributed by atoms with Crippen molar-refractivity contribution in [2.24, 2.45) is 0 Å². The molecule has 2 aromatic carbocycles. The number of carbonyl (C=O) groups excluding carboxylic acids is 1. The van der Waals surface area contributed by atoms with E-state index >= 15 is 0 Å². The number of carbonyl (C=O) groups is 1. The van der Waals surface area contributed by atoms with Gasteiger partial charge in [-0.15, -0.1) is 0 Å². The van der Waals surface area contributed by atoms with Gasteiger partial charge in [-0.25, -0.2) is 0 Å². The Bertz CT molecular complexity index is 610. The first-order valence-corrected chi connectivity index (χ1v) is 7.64. The second-order valence-electron chi connectivity index (χ2n) is 4.78. The van der Waals surface area contributed by atoms with Crippen LogP contribution in [-0.4, -0.2) is 12.5 Å². The van der Waals surface area contributed by atoms with E-state index in [-0.39, 0.29) is 11.8 Å². The molecular formula is C17H17Cl2NO. The van der Waals surface area contributed by atoms with Crippen LogP contribution in [0.5, 0.6) is 0 Å². The van der Waals surface area contributed by atoms with Gasteiger partial charge in [-0.3, -0.25) is 4.79 Å². The minimum Gasteiger partial charge on any atom is -0.356 e. The average molecular weight is 322 g/mol. The zero-order chi connectivity index (χ0) is 15.2. The first kappa shape index (κ1) is 15.9. The molecule has 4 heteroatoms. The Morgan fingerprint density at radius 2 is 1.76 bits per heavy atom. The zero-order valence-electron chi connectivity index (χ0n) is 11.8. The molecule has 0 bridgehead atoms. The molecule has 1 amide bonds. The predicted octanol–water partition coefficient (Wildman–Crippen LogP) is 4.65. The van der Waals surface area contributed by atoms with Gasteiger partial charge in [0.2, 0.25) is 5.91 Å². The number of amides is 1. The van der Waals surface area contributed by atoms with Gasteiger partial charge in [0.05, 0.1) is 0 Å². The van der Waals surface area contributed by atoms with E-state index in [2.05, 4.69) is 5.32 Å². The second kappa shape index (κ2) is 7.48. The Hall–Kier alpha value is -1.51. The molecule has 1 N–H and O–H groups in total. The van der Waals surface area contributed by atoms with Gasteiger partial charge in [-0.1, -0.05) is 53.5 Å². The third-order valence-corrected chi connectivity index (χ3v) is 3.91. The van der Waals surface area contributed by atoms with E-state index in [4.69, 9.17) is 23.2 Å². The molecule has 0 radical (unpaired) electrons. The largest absolute Gasteiger partial charge is 0.356 e. The molecule has 2 aromatic rings. The van der Waals surface area contributed by atoms with Crippen LogP contribution in [0, 0.1) is 0 Å². The SMILES string of the molecule is CCNC(=O)C[C@H](c1ccc(Cl)cc1)c1ccccc1Cl. The Labute approximate surface area is 135 Å². The Kier molecular flexibility index (Phi) is 5.66. The maximum absolute atomic E-state index is 12.0. The smallest absolute Gasteiger partial charge is 0.220 e. The van der Waals surface area contributed by atoms with E-state index in [1.807, 2.05) is 55.5 Å². The number of nitrogens with one attached hydrogen (secondary N) is 1. The third kappa shape index (κ3) is 4.23. The molecule has 110 valence electrons. The van der Waals surface area contributed by atoms with Crippen molar-refractivity contribution in [1.82, 2.24) is 5.32 Å². The summed E-state index contributed by atoms with van der Waals surface area (Å²) >= 11 is 12.2. The Morgan fingerprint density at radius 3 is 2.38 bits per heavy atom. The van der Waals surface area contributed by atoms with Gasteiger partial charge in [0.25, 0.3) is 0 Å². The van der Waals surface area contributed by atoms with Gasteiger partial charge in [-0.05, 0) is 36.2 Å². The summed E-state index contributed by atoms with van der Waals surface area (Å²) in [5, 5.41) is 4.18. The Balaban J connectivity index is 2.37. The summed E-state index contributed by atoms with van der Waals surface area (Å²) in [5.41, 5.74) is 1.98. The quantitative estimate of drug-likeness (QED) is 0.853. The molecule has 0 saturated heterocycles. The maximum Gasteiger partial charge on any atom is 0.220 e. The number of hydrogen-bond acceptors (Lipinski definition) is 1. The first-order valence-electron chi connectivity index (χ1n) is 6.88. The molecular weight excluding hydrogens is 305 g/mol. The minimum absolute atomic E-state index is 0.0115. The van der Waals surface area contributed by atoms with Crippen LogP contribution >= 0.6 is 23.2 Å². The molecule has 21 heavy (non-hydrogen) atoms. The highest BCUT2D eigenvalue weighted by molar-refractivity contribution is 6.31. The van der Waals surface area contributed by atoms with Gasteiger partial charge < -0.3 is 5.32 Å². The van der Waals surface area contributed by atoms with E-state index in [1.165, 1.54) is 0 Å². The van der Waals surface area contributed by atoms with Crippen LogP contribution in [0.2, 0.25) is 10.0 Å². The van der Waals surface area contributed by atoms with Crippen LogP contribution in [0.25, 0.3) is 0 Å². The molecule has 2 rings (SSSR count). The summed E-state index contributed by atoms with van der Waals surface area (Å²) in [5.74, 6) is -0.0695. The summed E-state index contributed by atoms with van der Waals surface area (Å²) in [7, 11) is 0. The molecule has 0 aliphatic rings. The topological polar surface area (TPSA) is 29.1 Å². The fraction of sp³-hybridized carbons (Fsp3) is 0.235. The first-order chi connectivity index (χ1) is 10.1. The summed E-state index contributed by atoms with van der Waals surface area (Å²) in [6, 6.07) is 15.2. The number of benzene rings is 2. The summed E-state index contributed by atoms with van der Waals surface area (Å²) in [6.07, 6.45) is 0.360. The lowest BCUT2D eigenvalue weighted by Crippen LogP contribution is -2.25. The van der Waals surface area contributed by atoms with Crippen LogP contribution in [0.4, 0.5) is 0 Å². The van der Waals surface area contributed by atoms with Crippen LogP contribution in [0.15, 0.2) is 48.5 Å². The van der Waals surface area contributed by atoms with Crippen LogP contribution < -0.4 is 5.32 Å². The lowest BCUT2D eigenvalue weighted by molar-refractivity contribution is -0.121. The lowest BCUT2D eigenvalue weighted by Gasteiger charge is -2.19. The van der Waals surface area contributed by atoms with Crippen molar-refractivity contribution in [3.8, 4) is 0 Å². The van der Waals surface area contributed by atoms with E-state index in [1.54, 1.807) is 0 Å². The summed E-state index contributed by atoms with van der Waals surface area (Å²) < 4.78 is 0. The highest BCUT2D eigenvalue weighted by Gasteiger charge is 2.20. The van der Waals surface area contributed by atoms with E-state index in [0.29, 0.717) is 23.0 Å². The van der Waals surface area contributed by atoms with Crippen molar-refractivity contribution in [2.75, 3.05) is 6.54 Å². The van der Waals surface area contributed by atoms with Crippen molar-refractivity contribution >= 4 is 29.1 Å². The van der Waals surface area contributed by atoms with Gasteiger partial charge >= 0.3 is 0 Å². The van der Waals surface area contributed by atoms with Crippen molar-refractivity contribution < 1.29 is 4.79 Å². The van der Waals surface area contributed by atoms with Crippen molar-refractivity contribution in [3.63, 3.8) is 0 Å². The lowest BCUT2D eigenvalue weighted by atomic mass is 9.88. The minimum atomic E-state index is -0.0810. The van der Waals surface area contributed by atoms with Crippen molar-refractivity contribution in [1.29, 1.82) is 0 Å². The van der Waals surface area contributed by atoms with Crippen LogP contribution in [-0.2, 0) is 4.79 Å². The van der Waals surface area contributed by atoms with E-state index < -0.39 is 0 Å². The van der Waals surface area contributed by atoms with Gasteiger partial charge in [0.1, 0.15) is 0 Å². The van der Waals surface area contributed by atoms with Crippen molar-refractivity contribution in [2.45, 2.75) is 19.3 Å². The van der Waals surface area contributed by atoms with Gasteiger partial charge in [0, 0.05) is 28.9 Å². The van der Waals surface area contributed by atoms with Gasteiger partial charge in [0.15, 0.2) is 0 Å². The molecule has 0 aromatic heterocycles. The molecule has 0 spiro atoms. The summed E-state index contributed by atoms with van der Waals surface area (Å²) in [6.45, 7) is 2.53. The summed E-state index contributed by atoms with van der Waals surface area (Å²) in [4.78, 5) is 12.0. The average Bonchev–Trinajstić information content (AvgIpc) is 2.47. The van der Waals surface area contributed by atoms with Crippen LogP contribution in [0.1, 0.15) is 30.4 Å². The van der Waals surface area contributed by atoms with E-state index in [0.717, 1.165) is 11.1 Å². The standard InChI is InChI=1S/C17H17Cl2NO/c1-2-20-17(21)11-15(12-7-9-13(18)10-8-12)14-5-3-4-6-16(14)19/h3-10,15H,2,11H2,1H3,(H,20,21)/t15-/m1/s1. The van der Waals surface area contributed by atoms with Crippen molar-refractivity contribution in [3.05, 3.63) is 69.7 Å². The number of hydrogen-bond donors (Lipinski definition) is 1. The molecule has 0 fully saturated rings.